The quantitative estimate of drug-likeness (QED) is 0.867. The van der Waals surface area contributed by atoms with Gasteiger partial charge >= 0.3 is 6.18 Å². The molecule has 0 saturated heterocycles. The maximum Gasteiger partial charge on any atom is 0.416 e. The molecule has 0 aromatic heterocycles. The van der Waals surface area contributed by atoms with Crippen LogP contribution in [0.2, 0.25) is 0 Å². The molecule has 2 rings (SSSR count). The number of nitrogens with two attached hydrogens (primary N) is 1. The summed E-state index contributed by atoms with van der Waals surface area (Å²) >= 11 is 0. The minimum Gasteiger partial charge on any atom is -0.481 e. The molecule has 5 nitrogen and oxygen atoms in total. The molecule has 0 spiro atoms. The van der Waals surface area contributed by atoms with E-state index < -0.39 is 29.7 Å². The van der Waals surface area contributed by atoms with E-state index in [9.17, 15) is 22.8 Å². The Morgan fingerprint density at radius 3 is 2.08 bits per heavy atom. The summed E-state index contributed by atoms with van der Waals surface area (Å²) in [5.41, 5.74) is 4.84. The maximum absolute atomic E-state index is 12.5. The first-order valence-corrected chi connectivity index (χ1v) is 7.21. The van der Waals surface area contributed by atoms with Gasteiger partial charge in [-0.15, -0.1) is 0 Å². The van der Waals surface area contributed by atoms with Crippen LogP contribution in [0.25, 0.3) is 0 Å². The van der Waals surface area contributed by atoms with E-state index in [2.05, 4.69) is 5.32 Å². The summed E-state index contributed by atoms with van der Waals surface area (Å²) in [5, 5.41) is 2.46. The van der Waals surface area contributed by atoms with Gasteiger partial charge in [-0.05, 0) is 55.5 Å². The molecule has 1 atom stereocenters. The van der Waals surface area contributed by atoms with E-state index >= 15 is 0 Å². The number of amides is 2. The Labute approximate surface area is 141 Å². The van der Waals surface area contributed by atoms with E-state index in [0.29, 0.717) is 11.3 Å². The molecule has 0 saturated carbocycles. The van der Waals surface area contributed by atoms with Gasteiger partial charge in [-0.1, -0.05) is 0 Å². The number of carbonyl (C=O) groups excluding carboxylic acids is 2. The lowest BCUT2D eigenvalue weighted by atomic mass is 10.2. The monoisotopic (exact) mass is 352 g/mol. The zero-order valence-corrected chi connectivity index (χ0v) is 13.1. The average Bonchev–Trinajstić information content (AvgIpc) is 2.55. The van der Waals surface area contributed by atoms with Gasteiger partial charge in [0, 0.05) is 11.3 Å². The number of halogens is 3. The van der Waals surface area contributed by atoms with Crippen LogP contribution in [0, 0.1) is 0 Å². The first-order valence-electron chi connectivity index (χ1n) is 7.21. The third kappa shape index (κ3) is 4.97. The van der Waals surface area contributed by atoms with Gasteiger partial charge in [0.15, 0.2) is 6.10 Å². The van der Waals surface area contributed by atoms with Crippen molar-refractivity contribution >= 4 is 17.5 Å². The summed E-state index contributed by atoms with van der Waals surface area (Å²) < 4.78 is 42.9. The molecule has 0 bridgehead atoms. The molecule has 132 valence electrons. The van der Waals surface area contributed by atoms with Crippen molar-refractivity contribution in [2.75, 3.05) is 5.32 Å². The number of hydrogen-bond donors (Lipinski definition) is 2. The van der Waals surface area contributed by atoms with Gasteiger partial charge in [0.1, 0.15) is 5.75 Å². The molecule has 2 aromatic carbocycles. The van der Waals surface area contributed by atoms with Crippen LogP contribution in [0.5, 0.6) is 5.75 Å². The average molecular weight is 352 g/mol. The lowest BCUT2D eigenvalue weighted by molar-refractivity contribution is -0.137. The van der Waals surface area contributed by atoms with Gasteiger partial charge in [-0.3, -0.25) is 9.59 Å². The number of ether oxygens (including phenoxy) is 1. The second-order valence-corrected chi connectivity index (χ2v) is 5.21. The number of benzene rings is 2. The van der Waals surface area contributed by atoms with Crippen molar-refractivity contribution in [3.8, 4) is 5.75 Å². The van der Waals surface area contributed by atoms with Crippen LogP contribution in [0.1, 0.15) is 22.8 Å². The Morgan fingerprint density at radius 1 is 1.04 bits per heavy atom. The predicted octanol–water partition coefficient (Wildman–Crippen LogP) is 3.21. The Hall–Kier alpha value is -3.03. The molecule has 0 unspecified atom stereocenters. The number of hydrogen-bond acceptors (Lipinski definition) is 3. The summed E-state index contributed by atoms with van der Waals surface area (Å²) in [7, 11) is 0. The molecule has 2 aromatic rings. The normalized spacial score (nSPS) is 12.3. The molecule has 0 fully saturated rings. The molecular weight excluding hydrogens is 337 g/mol. The van der Waals surface area contributed by atoms with Crippen molar-refractivity contribution in [1.82, 2.24) is 0 Å². The zero-order valence-electron chi connectivity index (χ0n) is 13.1. The van der Waals surface area contributed by atoms with Crippen LogP contribution in [0.15, 0.2) is 48.5 Å². The molecular formula is C17H15F3N2O3. The van der Waals surface area contributed by atoms with Gasteiger partial charge in [-0.25, -0.2) is 0 Å². The fourth-order valence-electron chi connectivity index (χ4n) is 1.94. The van der Waals surface area contributed by atoms with E-state index in [1.165, 1.54) is 31.2 Å². The second-order valence-electron chi connectivity index (χ2n) is 5.21. The highest BCUT2D eigenvalue weighted by Crippen LogP contribution is 2.29. The summed E-state index contributed by atoms with van der Waals surface area (Å²) in [4.78, 5) is 23.0. The summed E-state index contributed by atoms with van der Waals surface area (Å²) in [6, 6.07) is 9.97. The zero-order chi connectivity index (χ0) is 18.6. The number of rotatable bonds is 5. The highest BCUT2D eigenvalue weighted by atomic mass is 19.4. The Morgan fingerprint density at radius 2 is 1.60 bits per heavy atom. The maximum atomic E-state index is 12.5. The Balaban J connectivity index is 1.97. The van der Waals surface area contributed by atoms with Gasteiger partial charge in [0.05, 0.1) is 5.56 Å². The van der Waals surface area contributed by atoms with Crippen molar-refractivity contribution in [3.63, 3.8) is 0 Å². The number of primary amides is 1. The standard InChI is InChI=1S/C17H15F3N2O3/c1-10(25-14-8-2-11(3-9-14)15(21)23)16(24)22-13-6-4-12(5-7-13)17(18,19)20/h2-10H,1H3,(H2,21,23)(H,22,24)/t10-/m0/s1. The number of carbonyl (C=O) groups is 2. The number of anilines is 1. The van der Waals surface area contributed by atoms with E-state index in [0.717, 1.165) is 24.3 Å². The lowest BCUT2D eigenvalue weighted by Crippen LogP contribution is -2.30. The van der Waals surface area contributed by atoms with Crippen LogP contribution < -0.4 is 15.8 Å². The van der Waals surface area contributed by atoms with E-state index in [-0.39, 0.29) is 5.69 Å². The largest absolute Gasteiger partial charge is 0.481 e. The third-order valence-electron chi connectivity index (χ3n) is 3.30. The summed E-state index contributed by atoms with van der Waals surface area (Å²) in [6.45, 7) is 1.49. The first-order chi connectivity index (χ1) is 11.7. The Bertz CT molecular complexity index is 756. The number of alkyl halides is 3. The van der Waals surface area contributed by atoms with Gasteiger partial charge in [0.2, 0.25) is 5.91 Å². The highest BCUT2D eigenvalue weighted by molar-refractivity contribution is 5.94. The summed E-state index contributed by atoms with van der Waals surface area (Å²) in [6.07, 6.45) is -5.34. The fourth-order valence-corrected chi connectivity index (χ4v) is 1.94. The highest BCUT2D eigenvalue weighted by Gasteiger charge is 2.30. The molecule has 0 aliphatic carbocycles. The predicted molar refractivity (Wildman–Crippen MR) is 85.1 cm³/mol. The van der Waals surface area contributed by atoms with E-state index in [4.69, 9.17) is 10.5 Å². The molecule has 3 N–H and O–H groups in total. The molecule has 0 heterocycles. The van der Waals surface area contributed by atoms with Gasteiger partial charge in [0.25, 0.3) is 5.91 Å². The smallest absolute Gasteiger partial charge is 0.416 e. The Kier molecular flexibility index (Phi) is 5.31. The van der Waals surface area contributed by atoms with Crippen molar-refractivity contribution in [2.24, 2.45) is 5.73 Å². The molecule has 25 heavy (non-hydrogen) atoms. The van der Waals surface area contributed by atoms with Crippen LogP contribution >= 0.6 is 0 Å². The van der Waals surface area contributed by atoms with E-state index in [1.807, 2.05) is 0 Å². The van der Waals surface area contributed by atoms with Crippen LogP contribution in [-0.2, 0) is 11.0 Å². The summed E-state index contributed by atoms with van der Waals surface area (Å²) in [5.74, 6) is -0.765. The fraction of sp³-hybridized carbons (Fsp3) is 0.176. The van der Waals surface area contributed by atoms with Gasteiger partial charge in [-0.2, -0.15) is 13.2 Å². The molecule has 8 heteroatoms. The first kappa shape index (κ1) is 18.3. The van der Waals surface area contributed by atoms with Crippen molar-refractivity contribution in [1.29, 1.82) is 0 Å². The van der Waals surface area contributed by atoms with Crippen LogP contribution in [-0.4, -0.2) is 17.9 Å². The molecule has 0 aliphatic heterocycles. The lowest BCUT2D eigenvalue weighted by Gasteiger charge is -2.15. The topological polar surface area (TPSA) is 81.4 Å². The third-order valence-corrected chi connectivity index (χ3v) is 3.30. The minimum absolute atomic E-state index is 0.220. The van der Waals surface area contributed by atoms with Crippen LogP contribution in [0.3, 0.4) is 0 Å². The van der Waals surface area contributed by atoms with Crippen molar-refractivity contribution < 1.29 is 27.5 Å². The van der Waals surface area contributed by atoms with Crippen molar-refractivity contribution in [3.05, 3.63) is 59.7 Å². The molecule has 0 radical (unpaired) electrons. The number of nitrogens with one attached hydrogen (secondary N) is 1. The van der Waals surface area contributed by atoms with Crippen molar-refractivity contribution in [2.45, 2.75) is 19.2 Å². The van der Waals surface area contributed by atoms with Crippen LogP contribution in [0.4, 0.5) is 18.9 Å². The SMILES string of the molecule is C[C@H](Oc1ccc(C(N)=O)cc1)C(=O)Nc1ccc(C(F)(F)F)cc1. The molecule has 2 amide bonds. The van der Waals surface area contributed by atoms with Gasteiger partial charge < -0.3 is 15.8 Å². The second kappa shape index (κ2) is 7.25. The van der Waals surface area contributed by atoms with E-state index in [1.54, 1.807) is 0 Å². The molecule has 0 aliphatic rings. The minimum atomic E-state index is -4.43.